The summed E-state index contributed by atoms with van der Waals surface area (Å²) in [7, 11) is 3.58. The average molecular weight is 310 g/mol. The van der Waals surface area contributed by atoms with Gasteiger partial charge in [0.2, 0.25) is 0 Å². The van der Waals surface area contributed by atoms with E-state index in [1.165, 1.54) is 5.56 Å². The van der Waals surface area contributed by atoms with Gasteiger partial charge in [-0.1, -0.05) is 6.07 Å². The van der Waals surface area contributed by atoms with Crippen LogP contribution in [0, 0.1) is 0 Å². The normalized spacial score (nSPS) is 10.6. The van der Waals surface area contributed by atoms with Crippen LogP contribution in [0.1, 0.15) is 11.3 Å². The molecule has 1 heterocycles. The van der Waals surface area contributed by atoms with Gasteiger partial charge >= 0.3 is 0 Å². The Morgan fingerprint density at radius 3 is 2.94 bits per heavy atom. The van der Waals surface area contributed by atoms with E-state index in [9.17, 15) is 0 Å². The number of ether oxygens (including phenoxy) is 1. The van der Waals surface area contributed by atoms with E-state index in [0.29, 0.717) is 0 Å². The summed E-state index contributed by atoms with van der Waals surface area (Å²) in [5, 5.41) is 3.09. The molecule has 0 radical (unpaired) electrons. The summed E-state index contributed by atoms with van der Waals surface area (Å²) in [5.41, 5.74) is 2.25. The molecule has 0 saturated carbocycles. The van der Waals surface area contributed by atoms with E-state index in [1.807, 2.05) is 19.4 Å². The standard InChI is InChI=1S/C13H16BrN3O/c1-15-6-11-8-17(9-16-11)7-10-3-4-13(18-2)12(14)5-10/h3-5,8-9,15H,6-7H2,1-2H3. The van der Waals surface area contributed by atoms with Crippen LogP contribution < -0.4 is 10.1 Å². The predicted octanol–water partition coefficient (Wildman–Crippen LogP) is 2.42. The molecule has 2 aromatic rings. The molecular formula is C13H16BrN3O. The number of aromatic nitrogens is 2. The maximum Gasteiger partial charge on any atom is 0.133 e. The van der Waals surface area contributed by atoms with Crippen molar-refractivity contribution in [1.82, 2.24) is 14.9 Å². The Hall–Kier alpha value is -1.33. The van der Waals surface area contributed by atoms with E-state index in [4.69, 9.17) is 4.74 Å². The van der Waals surface area contributed by atoms with Crippen molar-refractivity contribution in [2.75, 3.05) is 14.2 Å². The minimum atomic E-state index is 0.791. The Morgan fingerprint density at radius 1 is 1.44 bits per heavy atom. The van der Waals surface area contributed by atoms with Crippen LogP contribution in [-0.2, 0) is 13.1 Å². The lowest BCUT2D eigenvalue weighted by atomic mass is 10.2. The van der Waals surface area contributed by atoms with Gasteiger partial charge < -0.3 is 14.6 Å². The van der Waals surface area contributed by atoms with Crippen LogP contribution in [0.3, 0.4) is 0 Å². The molecule has 1 aromatic heterocycles. The number of nitrogens with one attached hydrogen (secondary N) is 1. The molecule has 0 aliphatic rings. The summed E-state index contributed by atoms with van der Waals surface area (Å²) in [6, 6.07) is 6.09. The summed E-state index contributed by atoms with van der Waals surface area (Å²) >= 11 is 3.49. The van der Waals surface area contributed by atoms with Crippen LogP contribution in [0.15, 0.2) is 35.2 Å². The Bertz CT molecular complexity index is 525. The molecule has 0 fully saturated rings. The average Bonchev–Trinajstić information content (AvgIpc) is 2.77. The van der Waals surface area contributed by atoms with Crippen LogP contribution in [0.5, 0.6) is 5.75 Å². The molecule has 0 unspecified atom stereocenters. The van der Waals surface area contributed by atoms with Crippen molar-refractivity contribution < 1.29 is 4.74 Å². The van der Waals surface area contributed by atoms with E-state index in [2.05, 4.69) is 49.1 Å². The van der Waals surface area contributed by atoms with E-state index in [0.717, 1.165) is 29.0 Å². The van der Waals surface area contributed by atoms with Crippen molar-refractivity contribution >= 4 is 15.9 Å². The zero-order chi connectivity index (χ0) is 13.0. The van der Waals surface area contributed by atoms with Crippen LogP contribution in [0.2, 0.25) is 0 Å². The summed E-state index contributed by atoms with van der Waals surface area (Å²) in [6.45, 7) is 1.60. The highest BCUT2D eigenvalue weighted by Gasteiger charge is 2.03. The quantitative estimate of drug-likeness (QED) is 0.922. The lowest BCUT2D eigenvalue weighted by Crippen LogP contribution is -2.05. The first kappa shape index (κ1) is 13.1. The van der Waals surface area contributed by atoms with E-state index in [-0.39, 0.29) is 0 Å². The fraction of sp³-hybridized carbons (Fsp3) is 0.308. The number of nitrogens with zero attached hydrogens (tertiary/aromatic N) is 2. The van der Waals surface area contributed by atoms with Crippen molar-refractivity contribution in [2.45, 2.75) is 13.1 Å². The molecule has 2 rings (SSSR count). The lowest BCUT2D eigenvalue weighted by molar-refractivity contribution is 0.412. The van der Waals surface area contributed by atoms with Crippen molar-refractivity contribution in [2.24, 2.45) is 0 Å². The van der Waals surface area contributed by atoms with Crippen molar-refractivity contribution in [3.63, 3.8) is 0 Å². The van der Waals surface area contributed by atoms with Gasteiger partial charge in [0.05, 0.1) is 23.6 Å². The summed E-state index contributed by atoms with van der Waals surface area (Å²) in [5.74, 6) is 0.847. The minimum Gasteiger partial charge on any atom is -0.496 e. The Kier molecular flexibility index (Phi) is 4.38. The van der Waals surface area contributed by atoms with Crippen molar-refractivity contribution in [3.05, 3.63) is 46.5 Å². The highest BCUT2D eigenvalue weighted by Crippen LogP contribution is 2.25. The molecule has 0 amide bonds. The molecule has 0 bridgehead atoms. The number of methoxy groups -OCH3 is 1. The molecule has 0 aliphatic heterocycles. The Morgan fingerprint density at radius 2 is 2.28 bits per heavy atom. The maximum absolute atomic E-state index is 5.21. The third kappa shape index (κ3) is 3.11. The molecular weight excluding hydrogens is 294 g/mol. The van der Waals surface area contributed by atoms with Crippen LogP contribution in [0.25, 0.3) is 0 Å². The fourth-order valence-electron chi connectivity index (χ4n) is 1.78. The van der Waals surface area contributed by atoms with Crippen LogP contribution in [-0.4, -0.2) is 23.7 Å². The SMILES string of the molecule is CNCc1cn(Cc2ccc(OC)c(Br)c2)cn1. The second-order valence-corrected chi connectivity index (χ2v) is 4.89. The first-order valence-corrected chi connectivity index (χ1v) is 6.50. The molecule has 18 heavy (non-hydrogen) atoms. The van der Waals surface area contributed by atoms with E-state index in [1.54, 1.807) is 7.11 Å². The van der Waals surface area contributed by atoms with Gasteiger partial charge in [-0.3, -0.25) is 0 Å². The van der Waals surface area contributed by atoms with Crippen molar-refractivity contribution in [3.8, 4) is 5.75 Å². The Balaban J connectivity index is 2.10. The smallest absolute Gasteiger partial charge is 0.133 e. The second kappa shape index (κ2) is 6.02. The Labute approximate surface area is 115 Å². The number of rotatable bonds is 5. The third-order valence-corrected chi connectivity index (χ3v) is 3.25. The van der Waals surface area contributed by atoms with Gasteiger partial charge in [0.25, 0.3) is 0 Å². The molecule has 96 valence electrons. The molecule has 0 spiro atoms. The van der Waals surface area contributed by atoms with Gasteiger partial charge in [-0.15, -0.1) is 0 Å². The number of imidazole rings is 1. The highest BCUT2D eigenvalue weighted by atomic mass is 79.9. The van der Waals surface area contributed by atoms with E-state index >= 15 is 0 Å². The number of benzene rings is 1. The molecule has 1 aromatic carbocycles. The summed E-state index contributed by atoms with van der Waals surface area (Å²) < 4.78 is 8.25. The molecule has 0 saturated heterocycles. The molecule has 4 nitrogen and oxygen atoms in total. The fourth-order valence-corrected chi connectivity index (χ4v) is 2.37. The highest BCUT2D eigenvalue weighted by molar-refractivity contribution is 9.10. The topological polar surface area (TPSA) is 39.1 Å². The maximum atomic E-state index is 5.21. The predicted molar refractivity (Wildman–Crippen MR) is 74.8 cm³/mol. The minimum absolute atomic E-state index is 0.791. The molecule has 0 atom stereocenters. The van der Waals surface area contributed by atoms with Gasteiger partial charge in [-0.05, 0) is 40.7 Å². The second-order valence-electron chi connectivity index (χ2n) is 4.04. The number of halogens is 1. The first-order chi connectivity index (χ1) is 8.72. The van der Waals surface area contributed by atoms with Crippen LogP contribution >= 0.6 is 15.9 Å². The lowest BCUT2D eigenvalue weighted by Gasteiger charge is -2.06. The first-order valence-electron chi connectivity index (χ1n) is 5.70. The summed E-state index contributed by atoms with van der Waals surface area (Å²) in [6.07, 6.45) is 3.90. The van der Waals surface area contributed by atoms with Crippen LogP contribution in [0.4, 0.5) is 0 Å². The largest absolute Gasteiger partial charge is 0.496 e. The van der Waals surface area contributed by atoms with Crippen molar-refractivity contribution in [1.29, 1.82) is 0 Å². The van der Waals surface area contributed by atoms with Gasteiger partial charge in [-0.2, -0.15) is 0 Å². The number of hydrogen-bond donors (Lipinski definition) is 1. The monoisotopic (exact) mass is 309 g/mol. The van der Waals surface area contributed by atoms with Gasteiger partial charge in [0.1, 0.15) is 5.75 Å². The van der Waals surface area contributed by atoms with Gasteiger partial charge in [-0.25, -0.2) is 4.98 Å². The number of hydrogen-bond acceptors (Lipinski definition) is 3. The molecule has 0 aliphatic carbocycles. The van der Waals surface area contributed by atoms with Gasteiger partial charge in [0.15, 0.2) is 0 Å². The van der Waals surface area contributed by atoms with Gasteiger partial charge in [0, 0.05) is 19.3 Å². The zero-order valence-corrected chi connectivity index (χ0v) is 12.1. The molecule has 5 heteroatoms. The van der Waals surface area contributed by atoms with E-state index < -0.39 is 0 Å². The molecule has 1 N–H and O–H groups in total. The third-order valence-electron chi connectivity index (χ3n) is 2.63. The summed E-state index contributed by atoms with van der Waals surface area (Å²) in [4.78, 5) is 4.32. The zero-order valence-electron chi connectivity index (χ0n) is 10.5.